The van der Waals surface area contributed by atoms with Gasteiger partial charge in [-0.15, -0.1) is 0 Å². The first-order valence-electron chi connectivity index (χ1n) is 9.58. The largest absolute Gasteiger partial charge is 0.449 e. The van der Waals surface area contributed by atoms with E-state index in [1.807, 2.05) is 12.1 Å². The molecule has 0 radical (unpaired) electrons. The molecule has 0 unspecified atom stereocenters. The molecular weight excluding hydrogens is 419 g/mol. The minimum Gasteiger partial charge on any atom is -0.449 e. The Bertz CT molecular complexity index is 1180. The SMILES string of the molecule is O=C(CN1C(=O)C(=Cc2ccccc2F)Oc2ccccc21)NCc1ccccc1Cl. The summed E-state index contributed by atoms with van der Waals surface area (Å²) in [5.74, 6) is -1.04. The summed E-state index contributed by atoms with van der Waals surface area (Å²) in [5, 5.41) is 3.32. The highest BCUT2D eigenvalue weighted by atomic mass is 35.5. The van der Waals surface area contributed by atoms with Crippen molar-refractivity contribution in [1.82, 2.24) is 5.32 Å². The quantitative estimate of drug-likeness (QED) is 0.596. The van der Waals surface area contributed by atoms with E-state index in [2.05, 4.69) is 5.32 Å². The van der Waals surface area contributed by atoms with Crippen LogP contribution in [0.15, 0.2) is 78.6 Å². The van der Waals surface area contributed by atoms with Crippen molar-refractivity contribution in [2.75, 3.05) is 11.4 Å². The molecule has 0 saturated heterocycles. The predicted molar refractivity (Wildman–Crippen MR) is 117 cm³/mol. The molecule has 0 spiro atoms. The number of rotatable bonds is 5. The molecule has 1 heterocycles. The normalized spacial score (nSPS) is 14.2. The van der Waals surface area contributed by atoms with Gasteiger partial charge in [0, 0.05) is 17.1 Å². The minimum atomic E-state index is -0.533. The number of halogens is 2. The van der Waals surface area contributed by atoms with Crippen LogP contribution in [0.1, 0.15) is 11.1 Å². The van der Waals surface area contributed by atoms with Crippen LogP contribution in [0.4, 0.5) is 10.1 Å². The Morgan fingerprint density at radius 3 is 2.55 bits per heavy atom. The van der Waals surface area contributed by atoms with Crippen LogP contribution in [-0.2, 0) is 16.1 Å². The number of nitrogens with zero attached hydrogens (tertiary/aromatic N) is 1. The maximum absolute atomic E-state index is 14.1. The van der Waals surface area contributed by atoms with E-state index in [1.165, 1.54) is 17.0 Å². The van der Waals surface area contributed by atoms with Gasteiger partial charge in [-0.25, -0.2) is 4.39 Å². The third-order valence-corrected chi connectivity index (χ3v) is 5.13. The average molecular weight is 437 g/mol. The highest BCUT2D eigenvalue weighted by molar-refractivity contribution is 6.31. The van der Waals surface area contributed by atoms with Crippen LogP contribution >= 0.6 is 11.6 Å². The van der Waals surface area contributed by atoms with Crippen molar-refractivity contribution in [2.45, 2.75) is 6.54 Å². The lowest BCUT2D eigenvalue weighted by Gasteiger charge is -2.30. The number of fused-ring (bicyclic) bond motifs is 1. The van der Waals surface area contributed by atoms with Crippen LogP contribution in [0.5, 0.6) is 5.75 Å². The van der Waals surface area contributed by atoms with Crippen LogP contribution in [0, 0.1) is 5.82 Å². The van der Waals surface area contributed by atoms with E-state index >= 15 is 0 Å². The molecule has 2 amide bonds. The highest BCUT2D eigenvalue weighted by Gasteiger charge is 2.31. The number of amides is 2. The van der Waals surface area contributed by atoms with Crippen LogP contribution in [-0.4, -0.2) is 18.4 Å². The van der Waals surface area contributed by atoms with E-state index in [0.29, 0.717) is 16.5 Å². The molecule has 156 valence electrons. The molecule has 0 saturated carbocycles. The summed E-state index contributed by atoms with van der Waals surface area (Å²) < 4.78 is 19.8. The zero-order chi connectivity index (χ0) is 21.8. The molecule has 0 fully saturated rings. The zero-order valence-corrected chi connectivity index (χ0v) is 17.1. The molecule has 31 heavy (non-hydrogen) atoms. The van der Waals surface area contributed by atoms with Gasteiger partial charge >= 0.3 is 0 Å². The van der Waals surface area contributed by atoms with E-state index < -0.39 is 11.7 Å². The lowest BCUT2D eigenvalue weighted by Crippen LogP contribution is -2.44. The fourth-order valence-electron chi connectivity index (χ4n) is 3.19. The Balaban J connectivity index is 1.57. The van der Waals surface area contributed by atoms with Crippen molar-refractivity contribution in [3.8, 4) is 5.75 Å². The number of nitrogens with one attached hydrogen (secondary N) is 1. The fraction of sp³-hybridized carbons (Fsp3) is 0.0833. The molecule has 0 aromatic heterocycles. The van der Waals surface area contributed by atoms with Gasteiger partial charge in [0.05, 0.1) is 5.69 Å². The number of para-hydroxylation sites is 2. The number of anilines is 1. The van der Waals surface area contributed by atoms with Crippen LogP contribution < -0.4 is 15.0 Å². The van der Waals surface area contributed by atoms with Crippen molar-refractivity contribution in [3.63, 3.8) is 0 Å². The summed E-state index contributed by atoms with van der Waals surface area (Å²) in [6.07, 6.45) is 1.34. The molecule has 3 aromatic rings. The van der Waals surface area contributed by atoms with E-state index in [0.717, 1.165) is 5.56 Å². The lowest BCUT2D eigenvalue weighted by molar-refractivity contribution is -0.123. The number of carbonyl (C=O) groups excluding carboxylic acids is 2. The number of carbonyl (C=O) groups is 2. The molecule has 7 heteroatoms. The Labute approximate surface area is 183 Å². The van der Waals surface area contributed by atoms with E-state index in [-0.39, 0.29) is 30.3 Å². The van der Waals surface area contributed by atoms with Gasteiger partial charge < -0.3 is 10.1 Å². The van der Waals surface area contributed by atoms with Crippen molar-refractivity contribution >= 4 is 35.2 Å². The van der Waals surface area contributed by atoms with E-state index in [1.54, 1.807) is 54.6 Å². The first-order valence-corrected chi connectivity index (χ1v) is 9.96. The molecule has 1 aliphatic rings. The standard InChI is InChI=1S/C24H18ClFN2O3/c25-18-9-3-1-8-17(18)14-27-23(29)15-28-20-11-5-6-12-21(20)31-22(24(28)30)13-16-7-2-4-10-19(16)26/h1-13H,14-15H2,(H,27,29). The molecule has 5 nitrogen and oxygen atoms in total. The second-order valence-corrected chi connectivity index (χ2v) is 7.27. The summed E-state index contributed by atoms with van der Waals surface area (Å²) in [6.45, 7) is 0.00881. The Morgan fingerprint density at radius 2 is 1.74 bits per heavy atom. The Morgan fingerprint density at radius 1 is 1.03 bits per heavy atom. The molecule has 3 aromatic carbocycles. The van der Waals surface area contributed by atoms with Gasteiger partial charge in [-0.3, -0.25) is 14.5 Å². The highest BCUT2D eigenvalue weighted by Crippen LogP contribution is 2.35. The number of benzene rings is 3. The molecule has 0 aliphatic carbocycles. The third-order valence-electron chi connectivity index (χ3n) is 4.76. The van der Waals surface area contributed by atoms with E-state index in [4.69, 9.17) is 16.3 Å². The summed E-state index contributed by atoms with van der Waals surface area (Å²) in [6, 6.07) is 20.1. The Hall–Kier alpha value is -3.64. The van der Waals surface area contributed by atoms with Crippen LogP contribution in [0.25, 0.3) is 6.08 Å². The molecule has 1 aliphatic heterocycles. The fourth-order valence-corrected chi connectivity index (χ4v) is 3.39. The van der Waals surface area contributed by atoms with Gasteiger partial charge in [-0.05, 0) is 35.9 Å². The molecule has 4 rings (SSSR count). The average Bonchev–Trinajstić information content (AvgIpc) is 2.77. The summed E-state index contributed by atoms with van der Waals surface area (Å²) >= 11 is 6.13. The minimum absolute atomic E-state index is 0.0669. The van der Waals surface area contributed by atoms with E-state index in [9.17, 15) is 14.0 Å². The van der Waals surface area contributed by atoms with Crippen molar-refractivity contribution < 1.29 is 18.7 Å². The second-order valence-electron chi connectivity index (χ2n) is 6.86. The van der Waals surface area contributed by atoms with Gasteiger partial charge in [0.25, 0.3) is 5.91 Å². The van der Waals surface area contributed by atoms with Gasteiger partial charge in [0.2, 0.25) is 5.91 Å². The van der Waals surface area contributed by atoms with Gasteiger partial charge in [-0.2, -0.15) is 0 Å². The van der Waals surface area contributed by atoms with Gasteiger partial charge in [0.15, 0.2) is 11.5 Å². The maximum atomic E-state index is 14.1. The van der Waals surface area contributed by atoms with Gasteiger partial charge in [0.1, 0.15) is 12.4 Å². The summed E-state index contributed by atoms with van der Waals surface area (Å²) in [7, 11) is 0. The summed E-state index contributed by atoms with van der Waals surface area (Å²) in [4.78, 5) is 27.0. The molecule has 0 bridgehead atoms. The number of hydrogen-bond donors (Lipinski definition) is 1. The first kappa shape index (κ1) is 20.6. The predicted octanol–water partition coefficient (Wildman–Crippen LogP) is 4.56. The second kappa shape index (κ2) is 9.02. The molecular formula is C24H18ClFN2O3. The molecule has 0 atom stereocenters. The van der Waals surface area contributed by atoms with Crippen molar-refractivity contribution in [1.29, 1.82) is 0 Å². The monoisotopic (exact) mass is 436 g/mol. The van der Waals surface area contributed by atoms with Gasteiger partial charge in [-0.1, -0.05) is 60.1 Å². The van der Waals surface area contributed by atoms with Crippen LogP contribution in [0.2, 0.25) is 5.02 Å². The maximum Gasteiger partial charge on any atom is 0.294 e. The van der Waals surface area contributed by atoms with Crippen molar-refractivity contribution in [3.05, 3.63) is 101 Å². The molecule has 1 N–H and O–H groups in total. The summed E-state index contributed by atoms with van der Waals surface area (Å²) in [5.41, 5.74) is 1.45. The first-order chi connectivity index (χ1) is 15.0. The number of hydrogen-bond acceptors (Lipinski definition) is 3. The topological polar surface area (TPSA) is 58.6 Å². The smallest absolute Gasteiger partial charge is 0.294 e. The van der Waals surface area contributed by atoms with Crippen LogP contribution in [0.3, 0.4) is 0 Å². The van der Waals surface area contributed by atoms with Crippen molar-refractivity contribution in [2.24, 2.45) is 0 Å². The zero-order valence-electron chi connectivity index (χ0n) is 16.3. The number of ether oxygens (including phenoxy) is 1. The Kier molecular flexibility index (Phi) is 6.00. The third kappa shape index (κ3) is 4.59. The lowest BCUT2D eigenvalue weighted by atomic mass is 10.1.